The summed E-state index contributed by atoms with van der Waals surface area (Å²) in [6, 6.07) is 7.19. The van der Waals surface area contributed by atoms with E-state index in [-0.39, 0.29) is 40.7 Å². The second-order valence-corrected chi connectivity index (χ2v) is 9.53. The van der Waals surface area contributed by atoms with Gasteiger partial charge < -0.3 is 20.5 Å². The highest BCUT2D eigenvalue weighted by Gasteiger charge is 2.31. The Kier molecular flexibility index (Phi) is 4.77. The van der Waals surface area contributed by atoms with Crippen molar-refractivity contribution < 1.29 is 19.0 Å². The van der Waals surface area contributed by atoms with Crippen LogP contribution in [0.2, 0.25) is 0 Å². The zero-order valence-corrected chi connectivity index (χ0v) is 19.4. The first-order chi connectivity index (χ1) is 16.8. The van der Waals surface area contributed by atoms with Gasteiger partial charge in [-0.05, 0) is 52.8 Å². The normalized spacial score (nSPS) is 19.1. The molecule has 3 N–H and O–H groups in total. The van der Waals surface area contributed by atoms with E-state index in [1.54, 1.807) is 18.3 Å². The van der Waals surface area contributed by atoms with Crippen molar-refractivity contribution in [2.45, 2.75) is 19.8 Å². The third kappa shape index (κ3) is 3.50. The topological polar surface area (TPSA) is 114 Å². The number of nitrogens with zero attached hydrogens (tertiary/aromatic N) is 4. The summed E-state index contributed by atoms with van der Waals surface area (Å²) in [7, 11) is 1.43. The van der Waals surface area contributed by atoms with Crippen LogP contribution >= 0.6 is 0 Å². The van der Waals surface area contributed by atoms with Crippen LogP contribution in [0.4, 0.5) is 10.2 Å². The van der Waals surface area contributed by atoms with E-state index in [9.17, 15) is 9.90 Å². The van der Waals surface area contributed by atoms with Crippen molar-refractivity contribution in [3.05, 3.63) is 47.4 Å². The van der Waals surface area contributed by atoms with E-state index in [1.807, 2.05) is 24.0 Å². The van der Waals surface area contributed by atoms with Crippen LogP contribution in [0.1, 0.15) is 24.5 Å². The number of methoxy groups -OCH3 is 1. The zero-order valence-electron chi connectivity index (χ0n) is 19.4. The van der Waals surface area contributed by atoms with Crippen LogP contribution in [0, 0.1) is 17.7 Å². The smallest absolute Gasteiger partial charge is 0.318 e. The van der Waals surface area contributed by atoms with Gasteiger partial charge in [0.25, 0.3) is 0 Å². The molecule has 178 valence electrons. The maximum Gasteiger partial charge on any atom is 0.318 e. The second-order valence-electron chi connectivity index (χ2n) is 9.53. The number of fused-ring (bicyclic) bond motifs is 4. The molecule has 3 heterocycles. The number of ether oxygens (including phenoxy) is 1. The van der Waals surface area contributed by atoms with Crippen LogP contribution in [0.25, 0.3) is 32.9 Å². The molecule has 4 aromatic rings. The number of halogens is 1. The van der Waals surface area contributed by atoms with Gasteiger partial charge in [-0.2, -0.15) is 9.97 Å². The number of pyridine rings is 1. The molecule has 1 amide bonds. The quantitative estimate of drug-likeness (QED) is 0.410. The predicted molar refractivity (Wildman–Crippen MR) is 130 cm³/mol. The van der Waals surface area contributed by atoms with E-state index >= 15 is 4.39 Å². The molecular weight excluding hydrogens is 449 g/mol. The van der Waals surface area contributed by atoms with E-state index < -0.39 is 5.82 Å². The number of rotatable bonds is 4. The first-order valence-corrected chi connectivity index (χ1v) is 11.6. The lowest BCUT2D eigenvalue weighted by Gasteiger charge is -2.36. The van der Waals surface area contributed by atoms with Crippen molar-refractivity contribution in [3.63, 3.8) is 0 Å². The first kappa shape index (κ1) is 21.5. The highest BCUT2D eigenvalue weighted by molar-refractivity contribution is 6.04. The largest absolute Gasteiger partial charge is 0.508 e. The van der Waals surface area contributed by atoms with E-state index in [2.05, 4.69) is 15.0 Å². The maximum absolute atomic E-state index is 16.1. The number of anilines is 1. The minimum atomic E-state index is -0.619. The molecule has 2 unspecified atom stereocenters. The lowest BCUT2D eigenvalue weighted by molar-refractivity contribution is -0.122. The summed E-state index contributed by atoms with van der Waals surface area (Å²) in [6.07, 6.45) is 3.08. The van der Waals surface area contributed by atoms with Crippen molar-refractivity contribution in [2.24, 2.45) is 17.6 Å². The lowest BCUT2D eigenvalue weighted by Crippen LogP contribution is -2.45. The number of phenolic OH excluding ortho intramolecular Hbond substituents is 1. The number of hydrogen-bond donors (Lipinski definition) is 2. The van der Waals surface area contributed by atoms with Crippen molar-refractivity contribution in [1.82, 2.24) is 15.0 Å². The molecule has 6 rings (SSSR count). The van der Waals surface area contributed by atoms with Crippen LogP contribution < -0.4 is 15.4 Å². The van der Waals surface area contributed by atoms with E-state index in [4.69, 9.17) is 10.5 Å². The molecule has 2 atom stereocenters. The minimum absolute atomic E-state index is 0.0189. The fraction of sp³-hybridized carbons (Fsp3) is 0.308. The number of aromatic nitrogens is 3. The van der Waals surface area contributed by atoms with E-state index in [1.165, 1.54) is 12.7 Å². The van der Waals surface area contributed by atoms with Gasteiger partial charge in [0.2, 0.25) is 5.91 Å². The predicted octanol–water partition coefficient (Wildman–Crippen LogP) is 3.55. The standard InChI is InChI=1S/C26H24FN5O3/c1-12-5-15(24(28)34)11-32(10-12)25-19-9-29-22(21(27)23(19)30-26(31-25)35-2)18-8-16(33)6-14-4-3-13-7-17(13)20(14)18/h3-4,6,8-9,12,15,33H,5,7,10-11H2,1-2H3,(H2,28,34). The minimum Gasteiger partial charge on any atom is -0.508 e. The average molecular weight is 474 g/mol. The highest BCUT2D eigenvalue weighted by atomic mass is 19.1. The van der Waals surface area contributed by atoms with Crippen LogP contribution in [-0.4, -0.2) is 46.2 Å². The number of aromatic hydroxyl groups is 1. The highest BCUT2D eigenvalue weighted by Crippen LogP contribution is 2.43. The number of benzene rings is 2. The molecule has 2 aromatic heterocycles. The second kappa shape index (κ2) is 7.76. The molecular formula is C26H24FN5O3. The summed E-state index contributed by atoms with van der Waals surface area (Å²) in [4.78, 5) is 27.2. The van der Waals surface area contributed by atoms with Gasteiger partial charge in [0.05, 0.1) is 18.4 Å². The Morgan fingerprint density at radius 2 is 2.09 bits per heavy atom. The number of carbonyl (C=O) groups is 1. The Morgan fingerprint density at radius 1 is 1.26 bits per heavy atom. The van der Waals surface area contributed by atoms with Crippen LogP contribution in [0.3, 0.4) is 0 Å². The molecule has 2 aromatic carbocycles. The third-order valence-corrected chi connectivity index (χ3v) is 6.99. The summed E-state index contributed by atoms with van der Waals surface area (Å²) in [5.74, 6) is -0.631. The molecule has 1 fully saturated rings. The summed E-state index contributed by atoms with van der Waals surface area (Å²) in [5, 5.41) is 12.5. The molecule has 1 aliphatic carbocycles. The van der Waals surface area contributed by atoms with Gasteiger partial charge in [0.1, 0.15) is 22.8 Å². The number of phenols is 1. The third-order valence-electron chi connectivity index (χ3n) is 6.99. The summed E-state index contributed by atoms with van der Waals surface area (Å²) in [5.41, 5.74) is 8.65. The van der Waals surface area contributed by atoms with Gasteiger partial charge in [0, 0.05) is 24.8 Å². The molecule has 0 radical (unpaired) electrons. The zero-order chi connectivity index (χ0) is 24.4. The number of amides is 1. The van der Waals surface area contributed by atoms with Crippen molar-refractivity contribution >= 4 is 33.4 Å². The number of nitrogens with two attached hydrogens (primary N) is 1. The van der Waals surface area contributed by atoms with Crippen molar-refractivity contribution in [3.8, 4) is 23.0 Å². The number of carbonyl (C=O) groups excluding carboxylic acids is 1. The molecule has 1 saturated heterocycles. The van der Waals surface area contributed by atoms with Gasteiger partial charge in [-0.15, -0.1) is 0 Å². The molecule has 0 bridgehead atoms. The Balaban J connectivity index is 1.55. The van der Waals surface area contributed by atoms with Crippen molar-refractivity contribution in [2.75, 3.05) is 25.1 Å². The molecule has 35 heavy (non-hydrogen) atoms. The molecule has 8 nitrogen and oxygen atoms in total. The SMILES string of the molecule is COc1nc(N2CC(C)CC(C(N)=O)C2)c2cnc(-c3cc(O)cc4ccc5c(c34)C5)c(F)c2n1. The Morgan fingerprint density at radius 3 is 2.86 bits per heavy atom. The van der Waals surface area contributed by atoms with Crippen molar-refractivity contribution in [1.29, 1.82) is 0 Å². The van der Waals surface area contributed by atoms with Gasteiger partial charge in [-0.25, -0.2) is 4.39 Å². The van der Waals surface area contributed by atoms with E-state index in [0.29, 0.717) is 36.3 Å². The van der Waals surface area contributed by atoms with Gasteiger partial charge in [-0.3, -0.25) is 9.78 Å². The Bertz CT molecular complexity index is 1540. The summed E-state index contributed by atoms with van der Waals surface area (Å²) in [6.45, 7) is 3.05. The molecule has 9 heteroatoms. The van der Waals surface area contributed by atoms with E-state index in [0.717, 1.165) is 22.8 Å². The average Bonchev–Trinajstić information content (AvgIpc) is 3.63. The number of primary amides is 1. The fourth-order valence-corrected chi connectivity index (χ4v) is 5.32. The fourth-order valence-electron chi connectivity index (χ4n) is 5.32. The lowest BCUT2D eigenvalue weighted by atomic mass is 9.90. The molecule has 0 saturated carbocycles. The van der Waals surface area contributed by atoms with Gasteiger partial charge >= 0.3 is 6.01 Å². The monoisotopic (exact) mass is 473 g/mol. The van der Waals surface area contributed by atoms with Gasteiger partial charge in [-0.1, -0.05) is 19.1 Å². The Labute approximate surface area is 200 Å². The van der Waals surface area contributed by atoms with Gasteiger partial charge in [0.15, 0.2) is 5.82 Å². The summed E-state index contributed by atoms with van der Waals surface area (Å²) < 4.78 is 21.4. The first-order valence-electron chi connectivity index (χ1n) is 11.6. The maximum atomic E-state index is 16.1. The number of hydrogen-bond acceptors (Lipinski definition) is 7. The molecule has 0 spiro atoms. The van der Waals surface area contributed by atoms with Crippen LogP contribution in [-0.2, 0) is 11.2 Å². The number of piperidine rings is 1. The Hall–Kier alpha value is -4.01. The van der Waals surface area contributed by atoms with Crippen LogP contribution in [0.15, 0.2) is 30.5 Å². The molecule has 2 aliphatic rings. The summed E-state index contributed by atoms with van der Waals surface area (Å²) >= 11 is 0. The van der Waals surface area contributed by atoms with Crippen LogP contribution in [0.5, 0.6) is 11.8 Å². The molecule has 1 aliphatic heterocycles.